The highest BCUT2D eigenvalue weighted by atomic mass is 35.5. The fourth-order valence-corrected chi connectivity index (χ4v) is 3.91. The maximum atomic E-state index is 6.10. The second-order valence-electron chi connectivity index (χ2n) is 6.78. The van der Waals surface area contributed by atoms with Gasteiger partial charge in [-0.2, -0.15) is 5.10 Å². The molecule has 0 radical (unpaired) electrons. The van der Waals surface area contributed by atoms with E-state index in [1.165, 1.54) is 0 Å². The predicted molar refractivity (Wildman–Crippen MR) is 112 cm³/mol. The maximum Gasteiger partial charge on any atom is 0.160 e. The third-order valence-electron chi connectivity index (χ3n) is 5.14. The number of aromatic amines is 2. The van der Waals surface area contributed by atoms with Crippen molar-refractivity contribution in [3.8, 4) is 11.3 Å². The second kappa shape index (κ2) is 7.77. The molecule has 9 heteroatoms. The van der Waals surface area contributed by atoms with Gasteiger partial charge in [0, 0.05) is 29.6 Å². The summed E-state index contributed by atoms with van der Waals surface area (Å²) < 4.78 is 0. The lowest BCUT2D eigenvalue weighted by Gasteiger charge is -2.32. The number of imidazole rings is 1. The summed E-state index contributed by atoms with van der Waals surface area (Å²) in [5, 5.41) is 8.68. The van der Waals surface area contributed by atoms with E-state index in [-0.39, 0.29) is 12.4 Å². The van der Waals surface area contributed by atoms with Crippen LogP contribution in [0, 0.1) is 0 Å². The van der Waals surface area contributed by atoms with E-state index in [2.05, 4.69) is 35.0 Å². The van der Waals surface area contributed by atoms with Gasteiger partial charge >= 0.3 is 0 Å². The summed E-state index contributed by atoms with van der Waals surface area (Å²) in [7, 11) is 0. The molecular weight excluding hydrogens is 397 g/mol. The number of nitrogens with zero attached hydrogens (tertiary/aromatic N) is 5. The summed E-state index contributed by atoms with van der Waals surface area (Å²) in [6.07, 6.45) is 7.32. The van der Waals surface area contributed by atoms with E-state index in [0.717, 1.165) is 64.9 Å². The number of rotatable bonds is 3. The number of nitrogens with one attached hydrogen (secondary N) is 2. The van der Waals surface area contributed by atoms with Crippen LogP contribution in [0.4, 0.5) is 5.82 Å². The van der Waals surface area contributed by atoms with Gasteiger partial charge in [0.25, 0.3) is 0 Å². The van der Waals surface area contributed by atoms with Crippen molar-refractivity contribution in [2.24, 2.45) is 0 Å². The molecule has 0 spiro atoms. The third kappa shape index (κ3) is 3.43. The lowest BCUT2D eigenvalue weighted by molar-refractivity contribution is 0.487. The van der Waals surface area contributed by atoms with Gasteiger partial charge in [0.1, 0.15) is 18.0 Å². The Labute approximate surface area is 173 Å². The highest BCUT2D eigenvalue weighted by molar-refractivity contribution is 6.30. The standard InChI is InChI=1S/C19H18ClN7.ClH/c20-14-3-1-2-13(8-14)16-10-21-17(25-16)12-4-6-27(7-5-12)19-15-9-24-26-18(15)22-11-23-19;/h1-3,8-12H,4-7H2,(H,21,25)(H,22,23,24,26);1H. The first-order valence-corrected chi connectivity index (χ1v) is 9.35. The first kappa shape index (κ1) is 18.7. The lowest BCUT2D eigenvalue weighted by Crippen LogP contribution is -2.33. The van der Waals surface area contributed by atoms with E-state index in [0.29, 0.717) is 5.92 Å². The van der Waals surface area contributed by atoms with E-state index in [9.17, 15) is 0 Å². The molecule has 0 unspecified atom stereocenters. The minimum Gasteiger partial charge on any atom is -0.356 e. The Morgan fingerprint density at radius 3 is 2.75 bits per heavy atom. The largest absolute Gasteiger partial charge is 0.356 e. The number of aromatic nitrogens is 6. The predicted octanol–water partition coefficient (Wildman–Crippen LogP) is 4.20. The quantitative estimate of drug-likeness (QED) is 0.523. The SMILES string of the molecule is Cl.Clc1cccc(-c2cnc(C3CCN(c4ncnc5[nH]ncc45)CC3)[nH]2)c1. The Balaban J connectivity index is 0.00000192. The smallest absolute Gasteiger partial charge is 0.160 e. The van der Waals surface area contributed by atoms with Crippen molar-refractivity contribution < 1.29 is 0 Å². The van der Waals surface area contributed by atoms with Crippen LogP contribution in [0.15, 0.2) is 43.0 Å². The monoisotopic (exact) mass is 415 g/mol. The fraction of sp³-hybridized carbons (Fsp3) is 0.263. The first-order chi connectivity index (χ1) is 13.3. The van der Waals surface area contributed by atoms with Gasteiger partial charge in [-0.05, 0) is 25.0 Å². The van der Waals surface area contributed by atoms with Crippen LogP contribution in [-0.2, 0) is 0 Å². The molecule has 1 aliphatic rings. The van der Waals surface area contributed by atoms with E-state index < -0.39 is 0 Å². The molecule has 1 aromatic carbocycles. The van der Waals surface area contributed by atoms with Gasteiger partial charge in [-0.1, -0.05) is 23.7 Å². The Kier molecular flexibility index (Phi) is 5.19. The van der Waals surface area contributed by atoms with Crippen LogP contribution in [-0.4, -0.2) is 43.2 Å². The number of anilines is 1. The summed E-state index contributed by atoms with van der Waals surface area (Å²) >= 11 is 6.10. The van der Waals surface area contributed by atoms with Crippen LogP contribution in [0.2, 0.25) is 5.02 Å². The van der Waals surface area contributed by atoms with Crippen LogP contribution in [0.3, 0.4) is 0 Å². The van der Waals surface area contributed by atoms with Crippen LogP contribution >= 0.6 is 24.0 Å². The molecule has 7 nitrogen and oxygen atoms in total. The van der Waals surface area contributed by atoms with Crippen molar-refractivity contribution >= 4 is 40.9 Å². The molecule has 28 heavy (non-hydrogen) atoms. The molecule has 2 N–H and O–H groups in total. The van der Waals surface area contributed by atoms with Crippen molar-refractivity contribution in [3.63, 3.8) is 0 Å². The molecule has 0 saturated carbocycles. The first-order valence-electron chi connectivity index (χ1n) is 8.98. The molecule has 1 saturated heterocycles. The topological polar surface area (TPSA) is 86.4 Å². The van der Waals surface area contributed by atoms with E-state index in [1.807, 2.05) is 30.5 Å². The molecule has 0 bridgehead atoms. The van der Waals surface area contributed by atoms with E-state index in [4.69, 9.17) is 11.6 Å². The zero-order valence-corrected chi connectivity index (χ0v) is 16.5. The van der Waals surface area contributed by atoms with Crippen LogP contribution in [0.25, 0.3) is 22.3 Å². The van der Waals surface area contributed by atoms with Gasteiger partial charge in [0.2, 0.25) is 0 Å². The molecule has 1 fully saturated rings. The number of benzene rings is 1. The summed E-state index contributed by atoms with van der Waals surface area (Å²) in [5.41, 5.74) is 2.84. The van der Waals surface area contributed by atoms with Crippen LogP contribution < -0.4 is 4.90 Å². The lowest BCUT2D eigenvalue weighted by atomic mass is 9.96. The van der Waals surface area contributed by atoms with E-state index in [1.54, 1.807) is 12.5 Å². The zero-order chi connectivity index (χ0) is 18.2. The minimum absolute atomic E-state index is 0. The minimum atomic E-state index is 0. The van der Waals surface area contributed by atoms with Crippen LogP contribution in [0.1, 0.15) is 24.6 Å². The van der Waals surface area contributed by atoms with Crippen LogP contribution in [0.5, 0.6) is 0 Å². The molecule has 1 aliphatic heterocycles. The number of piperidine rings is 1. The van der Waals surface area contributed by atoms with Gasteiger partial charge in [0.05, 0.1) is 23.5 Å². The van der Waals surface area contributed by atoms with Gasteiger partial charge < -0.3 is 9.88 Å². The van der Waals surface area contributed by atoms with Gasteiger partial charge in [-0.15, -0.1) is 12.4 Å². The molecular formula is C19H19Cl2N7. The molecule has 0 atom stereocenters. The fourth-order valence-electron chi connectivity index (χ4n) is 3.72. The number of H-pyrrole nitrogens is 2. The normalized spacial score (nSPS) is 15.0. The number of hydrogen-bond donors (Lipinski definition) is 2. The Morgan fingerprint density at radius 2 is 1.93 bits per heavy atom. The van der Waals surface area contributed by atoms with Gasteiger partial charge in [0.15, 0.2) is 5.65 Å². The molecule has 0 amide bonds. The Hall–Kier alpha value is -2.64. The summed E-state index contributed by atoms with van der Waals surface area (Å²) in [5.74, 6) is 2.41. The number of fused-ring (bicyclic) bond motifs is 1. The van der Waals surface area contributed by atoms with Crippen molar-refractivity contribution in [2.75, 3.05) is 18.0 Å². The number of hydrogen-bond acceptors (Lipinski definition) is 5. The van der Waals surface area contributed by atoms with E-state index >= 15 is 0 Å². The Bertz CT molecular complexity index is 1080. The van der Waals surface area contributed by atoms with Gasteiger partial charge in [-0.3, -0.25) is 5.10 Å². The average Bonchev–Trinajstić information content (AvgIpc) is 3.37. The average molecular weight is 416 g/mol. The molecule has 3 aromatic heterocycles. The Morgan fingerprint density at radius 1 is 1.07 bits per heavy atom. The van der Waals surface area contributed by atoms with Crippen molar-refractivity contribution in [1.29, 1.82) is 0 Å². The second-order valence-corrected chi connectivity index (χ2v) is 7.22. The third-order valence-corrected chi connectivity index (χ3v) is 5.37. The number of halogens is 2. The van der Waals surface area contributed by atoms with Crippen molar-refractivity contribution in [3.05, 3.63) is 53.8 Å². The molecule has 4 heterocycles. The summed E-state index contributed by atoms with van der Waals surface area (Å²) in [6.45, 7) is 1.85. The molecule has 4 aromatic rings. The highest BCUT2D eigenvalue weighted by Gasteiger charge is 2.25. The zero-order valence-electron chi connectivity index (χ0n) is 15.0. The highest BCUT2D eigenvalue weighted by Crippen LogP contribution is 2.31. The van der Waals surface area contributed by atoms with Gasteiger partial charge in [-0.25, -0.2) is 15.0 Å². The van der Waals surface area contributed by atoms with Crippen molar-refractivity contribution in [2.45, 2.75) is 18.8 Å². The summed E-state index contributed by atoms with van der Waals surface area (Å²) in [4.78, 5) is 19.1. The maximum absolute atomic E-state index is 6.10. The van der Waals surface area contributed by atoms with Crippen molar-refractivity contribution in [1.82, 2.24) is 30.1 Å². The summed E-state index contributed by atoms with van der Waals surface area (Å²) in [6, 6.07) is 7.82. The molecule has 0 aliphatic carbocycles. The molecule has 144 valence electrons. The molecule has 5 rings (SSSR count).